The van der Waals surface area contributed by atoms with Crippen LogP contribution in [0, 0.1) is 0 Å². The van der Waals surface area contributed by atoms with Crippen molar-refractivity contribution in [1.29, 1.82) is 0 Å². The Kier molecular flexibility index (Phi) is 2.19. The van der Waals surface area contributed by atoms with Crippen molar-refractivity contribution in [3.8, 4) is 0 Å². The molecule has 0 unspecified atom stereocenters. The monoisotopic (exact) mass is 171 g/mol. The molecule has 0 aromatic carbocycles. The zero-order chi connectivity index (χ0) is 9.35. The molecule has 1 heterocycles. The number of amides is 2. The van der Waals surface area contributed by atoms with E-state index in [1.165, 1.54) is 0 Å². The number of hydroxylamine groups is 2. The molecular weight excluding hydrogens is 158 g/mol. The lowest BCUT2D eigenvalue weighted by Gasteiger charge is -2.24. The van der Waals surface area contributed by atoms with E-state index in [-0.39, 0.29) is 24.7 Å². The van der Waals surface area contributed by atoms with Gasteiger partial charge in [0.15, 0.2) is 0 Å². The summed E-state index contributed by atoms with van der Waals surface area (Å²) in [6.45, 7) is 5.39. The highest BCUT2D eigenvalue weighted by atomic mass is 16.7. The number of rotatable bonds is 1. The molecule has 1 rings (SSSR count). The fourth-order valence-corrected chi connectivity index (χ4v) is 0.932. The highest BCUT2D eigenvalue weighted by Gasteiger charge is 2.33. The topological polar surface area (TPSA) is 46.6 Å². The minimum atomic E-state index is -0.490. The van der Waals surface area contributed by atoms with Crippen LogP contribution >= 0.6 is 0 Å². The Morgan fingerprint density at radius 1 is 1.17 bits per heavy atom. The van der Waals surface area contributed by atoms with Crippen LogP contribution in [-0.2, 0) is 14.4 Å². The number of nitrogens with zero attached hydrogens (tertiary/aromatic N) is 1. The van der Waals surface area contributed by atoms with E-state index in [1.54, 1.807) is 20.8 Å². The molecule has 0 N–H and O–H groups in total. The molecule has 1 saturated heterocycles. The number of hydrogen-bond donors (Lipinski definition) is 0. The molecule has 1 aliphatic rings. The second kappa shape index (κ2) is 2.86. The number of imide groups is 1. The first-order valence-corrected chi connectivity index (χ1v) is 3.95. The Morgan fingerprint density at radius 3 is 1.92 bits per heavy atom. The van der Waals surface area contributed by atoms with Crippen molar-refractivity contribution >= 4 is 11.8 Å². The van der Waals surface area contributed by atoms with E-state index in [0.717, 1.165) is 5.06 Å². The molecule has 0 aromatic rings. The molecule has 0 aliphatic carbocycles. The highest BCUT2D eigenvalue weighted by Crippen LogP contribution is 2.18. The van der Waals surface area contributed by atoms with E-state index in [2.05, 4.69) is 0 Å². The van der Waals surface area contributed by atoms with Gasteiger partial charge in [-0.3, -0.25) is 14.4 Å². The predicted octanol–water partition coefficient (Wildman–Crippen LogP) is 0.865. The van der Waals surface area contributed by atoms with Crippen LogP contribution in [0.5, 0.6) is 0 Å². The summed E-state index contributed by atoms with van der Waals surface area (Å²) in [7, 11) is 0. The maximum absolute atomic E-state index is 11.0. The van der Waals surface area contributed by atoms with Crippen LogP contribution in [0.15, 0.2) is 0 Å². The van der Waals surface area contributed by atoms with Crippen molar-refractivity contribution < 1.29 is 14.4 Å². The second-order valence-corrected chi connectivity index (χ2v) is 3.79. The lowest BCUT2D eigenvalue weighted by Crippen LogP contribution is -2.37. The third kappa shape index (κ3) is 2.04. The van der Waals surface area contributed by atoms with Gasteiger partial charge in [-0.15, -0.1) is 0 Å². The molecule has 2 amide bonds. The zero-order valence-corrected chi connectivity index (χ0v) is 7.59. The SMILES string of the molecule is CC(C)(C)ON1C(=O)CCC1=O. The van der Waals surface area contributed by atoms with Crippen molar-refractivity contribution in [2.45, 2.75) is 39.2 Å². The van der Waals surface area contributed by atoms with E-state index < -0.39 is 5.60 Å². The normalized spacial score (nSPS) is 19.1. The first-order chi connectivity index (χ1) is 5.40. The van der Waals surface area contributed by atoms with Crippen molar-refractivity contribution in [2.75, 3.05) is 0 Å². The second-order valence-electron chi connectivity index (χ2n) is 3.79. The van der Waals surface area contributed by atoms with Gasteiger partial charge >= 0.3 is 0 Å². The molecule has 0 aromatic heterocycles. The van der Waals surface area contributed by atoms with E-state index in [4.69, 9.17) is 4.84 Å². The lowest BCUT2D eigenvalue weighted by atomic mass is 10.2. The maximum atomic E-state index is 11.0. The third-order valence-corrected chi connectivity index (χ3v) is 1.37. The van der Waals surface area contributed by atoms with Gasteiger partial charge in [-0.05, 0) is 20.8 Å². The van der Waals surface area contributed by atoms with Crippen LogP contribution in [0.2, 0.25) is 0 Å². The molecule has 12 heavy (non-hydrogen) atoms. The minimum Gasteiger partial charge on any atom is -0.272 e. The number of carbonyl (C=O) groups is 2. The first kappa shape index (κ1) is 9.19. The van der Waals surface area contributed by atoms with Crippen LogP contribution in [0.25, 0.3) is 0 Å². The molecule has 0 bridgehead atoms. The van der Waals surface area contributed by atoms with Crippen molar-refractivity contribution in [3.63, 3.8) is 0 Å². The summed E-state index contributed by atoms with van der Waals surface area (Å²) in [5, 5.41) is 0.875. The Morgan fingerprint density at radius 2 is 1.58 bits per heavy atom. The summed E-state index contributed by atoms with van der Waals surface area (Å²) in [6, 6.07) is 0. The Balaban J connectivity index is 2.62. The van der Waals surface area contributed by atoms with Gasteiger partial charge in [0, 0.05) is 12.8 Å². The Labute approximate surface area is 71.4 Å². The van der Waals surface area contributed by atoms with Gasteiger partial charge in [0.2, 0.25) is 0 Å². The van der Waals surface area contributed by atoms with Gasteiger partial charge in [-0.1, -0.05) is 0 Å². The van der Waals surface area contributed by atoms with Crippen LogP contribution in [0.3, 0.4) is 0 Å². The summed E-state index contributed by atoms with van der Waals surface area (Å²) in [5.74, 6) is -0.482. The zero-order valence-electron chi connectivity index (χ0n) is 7.59. The van der Waals surface area contributed by atoms with Crippen LogP contribution in [0.1, 0.15) is 33.6 Å². The van der Waals surface area contributed by atoms with Gasteiger partial charge in [0.1, 0.15) is 0 Å². The largest absolute Gasteiger partial charge is 0.272 e. The molecule has 1 aliphatic heterocycles. The van der Waals surface area contributed by atoms with Crippen molar-refractivity contribution in [2.24, 2.45) is 0 Å². The third-order valence-electron chi connectivity index (χ3n) is 1.37. The van der Waals surface area contributed by atoms with Gasteiger partial charge in [0.25, 0.3) is 11.8 Å². The molecule has 4 nitrogen and oxygen atoms in total. The van der Waals surface area contributed by atoms with Crippen molar-refractivity contribution in [3.05, 3.63) is 0 Å². The Hall–Kier alpha value is -0.900. The molecule has 0 spiro atoms. The smallest absolute Gasteiger partial charge is 0.254 e. The van der Waals surface area contributed by atoms with Gasteiger partial charge in [-0.25, -0.2) is 0 Å². The van der Waals surface area contributed by atoms with Crippen molar-refractivity contribution in [1.82, 2.24) is 5.06 Å². The summed E-state index contributed by atoms with van der Waals surface area (Å²) < 4.78 is 0. The van der Waals surface area contributed by atoms with Crippen LogP contribution < -0.4 is 0 Å². The van der Waals surface area contributed by atoms with Crippen LogP contribution in [0.4, 0.5) is 0 Å². The summed E-state index contributed by atoms with van der Waals surface area (Å²) in [6.07, 6.45) is 0.545. The quantitative estimate of drug-likeness (QED) is 0.550. The van der Waals surface area contributed by atoms with Gasteiger partial charge < -0.3 is 0 Å². The molecule has 68 valence electrons. The number of hydrogen-bond acceptors (Lipinski definition) is 3. The fraction of sp³-hybridized carbons (Fsp3) is 0.750. The summed E-state index contributed by atoms with van der Waals surface area (Å²) in [5.41, 5.74) is -0.490. The maximum Gasteiger partial charge on any atom is 0.254 e. The molecule has 0 atom stereocenters. The summed E-state index contributed by atoms with van der Waals surface area (Å²) >= 11 is 0. The average molecular weight is 171 g/mol. The van der Waals surface area contributed by atoms with Gasteiger partial charge in [-0.2, -0.15) is 5.06 Å². The molecule has 0 saturated carbocycles. The van der Waals surface area contributed by atoms with Crippen LogP contribution in [-0.4, -0.2) is 22.5 Å². The molecule has 4 heteroatoms. The highest BCUT2D eigenvalue weighted by molar-refractivity contribution is 6.00. The number of carbonyl (C=O) groups excluding carboxylic acids is 2. The van der Waals surface area contributed by atoms with Gasteiger partial charge in [0.05, 0.1) is 5.60 Å². The molecule has 0 radical (unpaired) electrons. The fourth-order valence-electron chi connectivity index (χ4n) is 0.932. The minimum absolute atomic E-state index is 0.241. The lowest BCUT2D eigenvalue weighted by molar-refractivity contribution is -0.218. The Bertz CT molecular complexity index is 201. The first-order valence-electron chi connectivity index (χ1n) is 3.95. The van der Waals surface area contributed by atoms with E-state index in [1.807, 2.05) is 0 Å². The van der Waals surface area contributed by atoms with E-state index in [0.29, 0.717) is 0 Å². The predicted molar refractivity (Wildman–Crippen MR) is 41.9 cm³/mol. The molecular formula is C8H13NO3. The standard InChI is InChI=1S/C8H13NO3/c1-8(2,3)12-9-6(10)4-5-7(9)11/h4-5H2,1-3H3. The average Bonchev–Trinajstić information content (AvgIpc) is 2.16. The summed E-state index contributed by atoms with van der Waals surface area (Å²) in [4.78, 5) is 27.2. The van der Waals surface area contributed by atoms with E-state index in [9.17, 15) is 9.59 Å². The van der Waals surface area contributed by atoms with E-state index >= 15 is 0 Å². The molecule has 1 fully saturated rings.